The van der Waals surface area contributed by atoms with Gasteiger partial charge in [-0.2, -0.15) is 5.26 Å². The molecule has 5 nitrogen and oxygen atoms in total. The number of carboxylic acids is 1. The number of hydrogen-bond donors (Lipinski definition) is 1. The number of carbonyl (C=O) groups is 1. The molecule has 19 heavy (non-hydrogen) atoms. The maximum absolute atomic E-state index is 11.3. The van der Waals surface area contributed by atoms with Gasteiger partial charge in [-0.1, -0.05) is 0 Å². The summed E-state index contributed by atoms with van der Waals surface area (Å²) in [7, 11) is 0. The van der Waals surface area contributed by atoms with Crippen LogP contribution in [0.4, 0.5) is 5.82 Å². The molecule has 1 saturated carbocycles. The first-order valence-corrected chi connectivity index (χ1v) is 6.53. The van der Waals surface area contributed by atoms with Crippen molar-refractivity contribution < 1.29 is 9.90 Å². The summed E-state index contributed by atoms with van der Waals surface area (Å²) in [6.07, 6.45) is 3.85. The number of anilines is 1. The topological polar surface area (TPSA) is 77.2 Å². The van der Waals surface area contributed by atoms with Crippen molar-refractivity contribution in [3.8, 4) is 6.07 Å². The van der Waals surface area contributed by atoms with Crippen LogP contribution in [0.5, 0.6) is 0 Å². The Balaban J connectivity index is 1.78. The largest absolute Gasteiger partial charge is 0.481 e. The second kappa shape index (κ2) is 4.54. The third-order valence-electron chi connectivity index (χ3n) is 4.11. The van der Waals surface area contributed by atoms with E-state index in [0.29, 0.717) is 18.0 Å². The van der Waals surface area contributed by atoms with Crippen molar-refractivity contribution in [3.63, 3.8) is 0 Å². The van der Waals surface area contributed by atoms with Crippen LogP contribution in [0.15, 0.2) is 18.3 Å². The third kappa shape index (κ3) is 2.26. The first-order chi connectivity index (χ1) is 9.19. The lowest BCUT2D eigenvalue weighted by Crippen LogP contribution is -2.24. The zero-order valence-electron chi connectivity index (χ0n) is 10.5. The molecule has 1 aliphatic heterocycles. The number of rotatable bonds is 3. The normalized spacial score (nSPS) is 26.2. The molecule has 0 unspecified atom stereocenters. The van der Waals surface area contributed by atoms with Gasteiger partial charge in [-0.15, -0.1) is 0 Å². The van der Waals surface area contributed by atoms with Crippen LogP contribution in [0.1, 0.15) is 18.4 Å². The molecule has 0 bridgehead atoms. The number of nitrogens with zero attached hydrogens (tertiary/aromatic N) is 3. The number of pyridine rings is 1. The van der Waals surface area contributed by atoms with Gasteiger partial charge >= 0.3 is 5.97 Å². The molecule has 1 aromatic heterocycles. The number of hydrogen-bond acceptors (Lipinski definition) is 4. The van der Waals surface area contributed by atoms with Gasteiger partial charge in [0.05, 0.1) is 11.5 Å². The van der Waals surface area contributed by atoms with E-state index in [0.717, 1.165) is 25.2 Å². The second-order valence-electron chi connectivity index (χ2n) is 5.37. The van der Waals surface area contributed by atoms with E-state index < -0.39 is 5.97 Å². The van der Waals surface area contributed by atoms with Gasteiger partial charge in [0.15, 0.2) is 0 Å². The van der Waals surface area contributed by atoms with E-state index in [-0.39, 0.29) is 11.8 Å². The Morgan fingerprint density at radius 2 is 2.21 bits per heavy atom. The highest BCUT2D eigenvalue weighted by molar-refractivity contribution is 5.72. The van der Waals surface area contributed by atoms with E-state index in [9.17, 15) is 9.90 Å². The summed E-state index contributed by atoms with van der Waals surface area (Å²) in [5.41, 5.74) is 0.525. The molecule has 1 N–H and O–H groups in total. The molecule has 2 heterocycles. The lowest BCUT2D eigenvalue weighted by Gasteiger charge is -2.16. The molecule has 1 aliphatic carbocycles. The Morgan fingerprint density at radius 3 is 2.74 bits per heavy atom. The average molecular weight is 257 g/mol. The highest BCUT2D eigenvalue weighted by Crippen LogP contribution is 2.44. The van der Waals surface area contributed by atoms with Crippen LogP contribution in [0.3, 0.4) is 0 Å². The van der Waals surface area contributed by atoms with Crippen molar-refractivity contribution >= 4 is 11.8 Å². The molecular weight excluding hydrogens is 242 g/mol. The number of aromatic nitrogens is 1. The maximum atomic E-state index is 11.3. The summed E-state index contributed by atoms with van der Waals surface area (Å²) >= 11 is 0. The van der Waals surface area contributed by atoms with Crippen molar-refractivity contribution in [3.05, 3.63) is 23.9 Å². The molecule has 0 radical (unpaired) electrons. The molecule has 1 saturated heterocycles. The van der Waals surface area contributed by atoms with Crippen LogP contribution in [0, 0.1) is 29.1 Å². The Kier molecular flexibility index (Phi) is 2.86. The van der Waals surface area contributed by atoms with Crippen LogP contribution < -0.4 is 4.90 Å². The molecule has 98 valence electrons. The predicted molar refractivity (Wildman–Crippen MR) is 68.5 cm³/mol. The summed E-state index contributed by atoms with van der Waals surface area (Å²) < 4.78 is 0. The zero-order chi connectivity index (χ0) is 13.4. The Morgan fingerprint density at radius 1 is 1.42 bits per heavy atom. The van der Waals surface area contributed by atoms with Crippen LogP contribution in [-0.2, 0) is 4.79 Å². The fourth-order valence-corrected chi connectivity index (χ4v) is 2.92. The SMILES string of the molecule is N#Cc1ccc(N2C[C@@H](C(=O)O)[C@H](C3CC3)C2)nc1. The Labute approximate surface area is 111 Å². The van der Waals surface area contributed by atoms with Crippen molar-refractivity contribution in [1.29, 1.82) is 5.26 Å². The van der Waals surface area contributed by atoms with Gasteiger partial charge in [0.1, 0.15) is 11.9 Å². The third-order valence-corrected chi connectivity index (χ3v) is 4.11. The lowest BCUT2D eigenvalue weighted by atomic mass is 9.92. The highest BCUT2D eigenvalue weighted by atomic mass is 16.4. The lowest BCUT2D eigenvalue weighted by molar-refractivity contribution is -0.142. The molecule has 0 spiro atoms. The summed E-state index contributed by atoms with van der Waals surface area (Å²) in [4.78, 5) is 17.6. The highest BCUT2D eigenvalue weighted by Gasteiger charge is 2.45. The number of nitriles is 1. The monoisotopic (exact) mass is 257 g/mol. The van der Waals surface area contributed by atoms with Gasteiger partial charge in [-0.05, 0) is 36.8 Å². The van der Waals surface area contributed by atoms with Crippen molar-refractivity contribution in [1.82, 2.24) is 4.98 Å². The first kappa shape index (κ1) is 12.0. The second-order valence-corrected chi connectivity index (χ2v) is 5.37. The van der Waals surface area contributed by atoms with Crippen LogP contribution in [0.2, 0.25) is 0 Å². The van der Waals surface area contributed by atoms with Crippen LogP contribution in [-0.4, -0.2) is 29.1 Å². The summed E-state index contributed by atoms with van der Waals surface area (Å²) in [5, 5.41) is 18.1. The van der Waals surface area contributed by atoms with Gasteiger partial charge in [0.25, 0.3) is 0 Å². The Hall–Kier alpha value is -2.09. The van der Waals surface area contributed by atoms with Crippen molar-refractivity contribution in [2.75, 3.05) is 18.0 Å². The van der Waals surface area contributed by atoms with Crippen LogP contribution in [0.25, 0.3) is 0 Å². The molecule has 2 fully saturated rings. The predicted octanol–water partition coefficient (Wildman–Crippen LogP) is 1.50. The van der Waals surface area contributed by atoms with E-state index in [1.54, 1.807) is 12.1 Å². The number of aliphatic carboxylic acids is 1. The molecule has 1 aromatic rings. The van der Waals surface area contributed by atoms with Gasteiger partial charge < -0.3 is 10.0 Å². The van der Waals surface area contributed by atoms with E-state index in [2.05, 4.69) is 4.98 Å². The minimum absolute atomic E-state index is 0.245. The van der Waals surface area contributed by atoms with Gasteiger partial charge in [0, 0.05) is 19.3 Å². The van der Waals surface area contributed by atoms with E-state index >= 15 is 0 Å². The molecule has 2 atom stereocenters. The summed E-state index contributed by atoms with van der Waals surface area (Å²) in [6.45, 7) is 1.29. The molecule has 5 heteroatoms. The van der Waals surface area contributed by atoms with E-state index in [4.69, 9.17) is 5.26 Å². The van der Waals surface area contributed by atoms with Crippen molar-refractivity contribution in [2.24, 2.45) is 17.8 Å². The van der Waals surface area contributed by atoms with Crippen LogP contribution >= 0.6 is 0 Å². The van der Waals surface area contributed by atoms with E-state index in [1.165, 1.54) is 6.20 Å². The molecular formula is C14H15N3O2. The first-order valence-electron chi connectivity index (χ1n) is 6.53. The fourth-order valence-electron chi connectivity index (χ4n) is 2.92. The van der Waals surface area contributed by atoms with Gasteiger partial charge in [-0.25, -0.2) is 4.98 Å². The van der Waals surface area contributed by atoms with Gasteiger partial charge in [-0.3, -0.25) is 4.79 Å². The summed E-state index contributed by atoms with van der Waals surface area (Å²) in [5.74, 6) is 0.603. The molecule has 0 aromatic carbocycles. The molecule has 3 rings (SSSR count). The minimum atomic E-state index is -0.701. The molecule has 0 amide bonds. The minimum Gasteiger partial charge on any atom is -0.481 e. The maximum Gasteiger partial charge on any atom is 0.308 e. The summed E-state index contributed by atoms with van der Waals surface area (Å²) in [6, 6.07) is 5.56. The molecule has 2 aliphatic rings. The quantitative estimate of drug-likeness (QED) is 0.887. The standard InChI is InChI=1S/C14H15N3O2/c15-5-9-1-4-13(16-6-9)17-7-11(10-2-3-10)12(8-17)14(18)19/h1,4,6,10-12H,2-3,7-8H2,(H,18,19)/t11-,12+/m0/s1. The zero-order valence-corrected chi connectivity index (χ0v) is 10.5. The fraction of sp³-hybridized carbons (Fsp3) is 0.500. The smallest absolute Gasteiger partial charge is 0.308 e. The number of carboxylic acid groups (broad SMARTS) is 1. The van der Waals surface area contributed by atoms with Gasteiger partial charge in [0.2, 0.25) is 0 Å². The van der Waals surface area contributed by atoms with Crippen molar-refractivity contribution in [2.45, 2.75) is 12.8 Å². The van der Waals surface area contributed by atoms with E-state index in [1.807, 2.05) is 11.0 Å². The average Bonchev–Trinajstić information content (AvgIpc) is 3.17. The Bertz CT molecular complexity index is 531.